The number of hydrogen-bond donors (Lipinski definition) is 0. The third-order valence-electron chi connectivity index (χ3n) is 12.1. The number of carbonyl (C=O) groups is 3. The van der Waals surface area contributed by atoms with E-state index in [2.05, 4.69) is 57.2 Å². The highest BCUT2D eigenvalue weighted by atomic mass is 16.6. The van der Waals surface area contributed by atoms with Crippen molar-refractivity contribution in [2.75, 3.05) is 13.2 Å². The van der Waals surface area contributed by atoms with E-state index in [0.717, 1.165) is 77.0 Å². The molecule has 0 saturated carbocycles. The van der Waals surface area contributed by atoms with Gasteiger partial charge in [-0.25, -0.2) is 0 Å². The van der Waals surface area contributed by atoms with Crippen molar-refractivity contribution >= 4 is 17.9 Å². The minimum Gasteiger partial charge on any atom is -0.462 e. The average molecular weight is 885 g/mol. The minimum atomic E-state index is -0.775. The second-order valence-electron chi connectivity index (χ2n) is 18.5. The first-order valence-corrected chi connectivity index (χ1v) is 27.5. The first-order chi connectivity index (χ1) is 31.0. The van der Waals surface area contributed by atoms with Crippen LogP contribution in [0.15, 0.2) is 36.5 Å². The molecule has 0 amide bonds. The number of esters is 3. The highest BCUT2D eigenvalue weighted by Crippen LogP contribution is 2.16. The van der Waals surface area contributed by atoms with E-state index in [1.54, 1.807) is 0 Å². The molecule has 0 N–H and O–H groups in total. The maximum Gasteiger partial charge on any atom is 0.306 e. The molecule has 0 aliphatic rings. The maximum atomic E-state index is 12.8. The predicted molar refractivity (Wildman–Crippen MR) is 270 cm³/mol. The standard InChI is InChI=1S/C57H104O6/c1-4-7-10-13-16-19-22-24-26-27-28-29-31-33-36-39-42-45-48-51-57(60)63-54(52-61-55(58)49-46-43-40-37-34-21-18-15-12-9-6-3)53-62-56(59)50-47-44-41-38-35-32-30-25-23-20-17-14-11-8-5-2/h17,20,24-26,30,54H,4-16,18-19,21-23,27-29,31-53H2,1-3H3/b20-17-,26-24-,30-25-/t54-/m0/s1. The van der Waals surface area contributed by atoms with Gasteiger partial charge in [-0.05, 0) is 77.0 Å². The lowest BCUT2D eigenvalue weighted by Gasteiger charge is -2.18. The summed E-state index contributed by atoms with van der Waals surface area (Å²) >= 11 is 0. The summed E-state index contributed by atoms with van der Waals surface area (Å²) in [5, 5.41) is 0. The molecule has 0 fully saturated rings. The van der Waals surface area contributed by atoms with Crippen LogP contribution in [0.3, 0.4) is 0 Å². The Balaban J connectivity index is 4.33. The number of unbranched alkanes of at least 4 members (excludes halogenated alkanes) is 33. The van der Waals surface area contributed by atoms with Crippen molar-refractivity contribution in [3.63, 3.8) is 0 Å². The van der Waals surface area contributed by atoms with Gasteiger partial charge in [0.15, 0.2) is 6.10 Å². The molecule has 6 nitrogen and oxygen atoms in total. The van der Waals surface area contributed by atoms with E-state index in [1.165, 1.54) is 173 Å². The number of carbonyl (C=O) groups excluding carboxylic acids is 3. The first kappa shape index (κ1) is 60.6. The van der Waals surface area contributed by atoms with E-state index >= 15 is 0 Å². The zero-order valence-electron chi connectivity index (χ0n) is 42.1. The Morgan fingerprint density at radius 1 is 0.317 bits per heavy atom. The van der Waals surface area contributed by atoms with Crippen LogP contribution in [0.25, 0.3) is 0 Å². The molecule has 0 spiro atoms. The molecule has 0 bridgehead atoms. The number of hydrogen-bond acceptors (Lipinski definition) is 6. The molecule has 0 aliphatic heterocycles. The zero-order valence-corrected chi connectivity index (χ0v) is 42.1. The normalized spacial score (nSPS) is 12.2. The second-order valence-corrected chi connectivity index (χ2v) is 18.5. The van der Waals surface area contributed by atoms with Crippen molar-refractivity contribution in [2.45, 2.75) is 297 Å². The maximum absolute atomic E-state index is 12.8. The van der Waals surface area contributed by atoms with Crippen LogP contribution in [0.4, 0.5) is 0 Å². The van der Waals surface area contributed by atoms with Crippen LogP contribution < -0.4 is 0 Å². The Kier molecular flexibility index (Phi) is 50.3. The Bertz CT molecular complexity index is 1060. The Morgan fingerprint density at radius 2 is 0.571 bits per heavy atom. The third kappa shape index (κ3) is 50.5. The van der Waals surface area contributed by atoms with Gasteiger partial charge in [-0.3, -0.25) is 14.4 Å². The lowest BCUT2D eigenvalue weighted by atomic mass is 10.1. The monoisotopic (exact) mass is 885 g/mol. The molecule has 0 radical (unpaired) electrons. The van der Waals surface area contributed by atoms with Crippen molar-refractivity contribution in [2.24, 2.45) is 0 Å². The molecule has 368 valence electrons. The summed E-state index contributed by atoms with van der Waals surface area (Å²) in [6.45, 7) is 6.62. The molecule has 63 heavy (non-hydrogen) atoms. The van der Waals surface area contributed by atoms with Crippen LogP contribution in [-0.4, -0.2) is 37.2 Å². The van der Waals surface area contributed by atoms with Gasteiger partial charge in [0.2, 0.25) is 0 Å². The van der Waals surface area contributed by atoms with Crippen LogP contribution in [0.1, 0.15) is 290 Å². The van der Waals surface area contributed by atoms with Crippen molar-refractivity contribution in [1.82, 2.24) is 0 Å². The third-order valence-corrected chi connectivity index (χ3v) is 12.1. The van der Waals surface area contributed by atoms with Gasteiger partial charge in [-0.1, -0.05) is 231 Å². The molecular formula is C57H104O6. The van der Waals surface area contributed by atoms with Crippen LogP contribution in [0, 0.1) is 0 Å². The average Bonchev–Trinajstić information content (AvgIpc) is 3.28. The fourth-order valence-corrected chi connectivity index (χ4v) is 7.94. The van der Waals surface area contributed by atoms with Crippen LogP contribution in [0.2, 0.25) is 0 Å². The molecule has 0 heterocycles. The zero-order chi connectivity index (χ0) is 45.8. The van der Waals surface area contributed by atoms with Gasteiger partial charge in [-0.15, -0.1) is 0 Å². The number of allylic oxidation sites excluding steroid dienone is 6. The number of rotatable bonds is 50. The van der Waals surface area contributed by atoms with Gasteiger partial charge in [0.1, 0.15) is 13.2 Å². The van der Waals surface area contributed by atoms with E-state index in [1.807, 2.05) is 0 Å². The summed E-state index contributed by atoms with van der Waals surface area (Å²) in [7, 11) is 0. The molecule has 0 saturated heterocycles. The van der Waals surface area contributed by atoms with Crippen molar-refractivity contribution < 1.29 is 28.6 Å². The van der Waals surface area contributed by atoms with E-state index in [0.29, 0.717) is 19.3 Å². The lowest BCUT2D eigenvalue weighted by molar-refractivity contribution is -0.167. The van der Waals surface area contributed by atoms with Gasteiger partial charge < -0.3 is 14.2 Å². The fourth-order valence-electron chi connectivity index (χ4n) is 7.94. The SMILES string of the molecule is CCCCC/C=C\C/C=C\CCCCCCCC(=O)OC[C@H](COC(=O)CCCCCCCCCCCCC)OC(=O)CCCCCCCCCCC/C=C\CCCCCCCC. The highest BCUT2D eigenvalue weighted by molar-refractivity contribution is 5.71. The van der Waals surface area contributed by atoms with Gasteiger partial charge in [0, 0.05) is 19.3 Å². The highest BCUT2D eigenvalue weighted by Gasteiger charge is 2.19. The first-order valence-electron chi connectivity index (χ1n) is 27.5. The molecule has 1 atom stereocenters. The molecule has 6 heteroatoms. The molecule has 0 aliphatic carbocycles. The second kappa shape index (κ2) is 52.3. The van der Waals surface area contributed by atoms with E-state index in [4.69, 9.17) is 14.2 Å². The summed E-state index contributed by atoms with van der Waals surface area (Å²) in [4.78, 5) is 38.0. The molecule has 0 aromatic heterocycles. The molecule has 0 aromatic rings. The topological polar surface area (TPSA) is 78.9 Å². The summed E-state index contributed by atoms with van der Waals surface area (Å²) in [5.41, 5.74) is 0. The van der Waals surface area contributed by atoms with Crippen molar-refractivity contribution in [3.05, 3.63) is 36.5 Å². The number of ether oxygens (including phenoxy) is 3. The molecule has 0 unspecified atom stereocenters. The Morgan fingerprint density at radius 3 is 0.921 bits per heavy atom. The minimum absolute atomic E-state index is 0.0743. The summed E-state index contributed by atoms with van der Waals surface area (Å²) in [6.07, 6.45) is 61.3. The van der Waals surface area contributed by atoms with Crippen LogP contribution >= 0.6 is 0 Å². The van der Waals surface area contributed by atoms with E-state index in [-0.39, 0.29) is 31.1 Å². The molecule has 0 rings (SSSR count). The molecule has 0 aromatic carbocycles. The van der Waals surface area contributed by atoms with Crippen LogP contribution in [0.5, 0.6) is 0 Å². The largest absolute Gasteiger partial charge is 0.462 e. The Hall–Kier alpha value is -2.37. The summed E-state index contributed by atoms with van der Waals surface area (Å²) < 4.78 is 16.8. The van der Waals surface area contributed by atoms with E-state index < -0.39 is 6.10 Å². The quantitative estimate of drug-likeness (QED) is 0.0262. The van der Waals surface area contributed by atoms with Crippen LogP contribution in [-0.2, 0) is 28.6 Å². The van der Waals surface area contributed by atoms with Gasteiger partial charge in [-0.2, -0.15) is 0 Å². The summed E-state index contributed by atoms with van der Waals surface area (Å²) in [6, 6.07) is 0. The predicted octanol–water partition coefficient (Wildman–Crippen LogP) is 18.1. The van der Waals surface area contributed by atoms with Crippen molar-refractivity contribution in [3.8, 4) is 0 Å². The lowest BCUT2D eigenvalue weighted by Crippen LogP contribution is -2.30. The summed E-state index contributed by atoms with van der Waals surface area (Å²) in [5.74, 6) is -0.879. The Labute approximate surface area is 391 Å². The fraction of sp³-hybridized carbons (Fsp3) is 0.842. The van der Waals surface area contributed by atoms with E-state index in [9.17, 15) is 14.4 Å². The van der Waals surface area contributed by atoms with Gasteiger partial charge in [0.25, 0.3) is 0 Å². The smallest absolute Gasteiger partial charge is 0.306 e. The van der Waals surface area contributed by atoms with Gasteiger partial charge in [0.05, 0.1) is 0 Å². The van der Waals surface area contributed by atoms with Crippen molar-refractivity contribution in [1.29, 1.82) is 0 Å². The molecular weight excluding hydrogens is 781 g/mol. The van der Waals surface area contributed by atoms with Gasteiger partial charge >= 0.3 is 17.9 Å².